The highest BCUT2D eigenvalue weighted by atomic mass is 35.5. The molecule has 19 heavy (non-hydrogen) atoms. The van der Waals surface area contributed by atoms with Crippen LogP contribution in [-0.4, -0.2) is 43.5 Å². The lowest BCUT2D eigenvalue weighted by molar-refractivity contribution is -0.122. The molecule has 0 aromatic carbocycles. The maximum atomic E-state index is 11.8. The van der Waals surface area contributed by atoms with E-state index in [1.807, 2.05) is 0 Å². The molecule has 1 rings (SSSR count). The highest BCUT2D eigenvalue weighted by Gasteiger charge is 2.32. The van der Waals surface area contributed by atoms with E-state index in [-0.39, 0.29) is 29.1 Å². The molecule has 1 aliphatic rings. The van der Waals surface area contributed by atoms with E-state index in [0.717, 1.165) is 32.5 Å². The van der Waals surface area contributed by atoms with Crippen molar-refractivity contribution in [1.82, 2.24) is 10.2 Å². The Hall–Kier alpha value is -0.320. The van der Waals surface area contributed by atoms with Crippen molar-refractivity contribution in [3.8, 4) is 0 Å². The van der Waals surface area contributed by atoms with Crippen LogP contribution < -0.4 is 11.1 Å². The van der Waals surface area contributed by atoms with E-state index >= 15 is 0 Å². The van der Waals surface area contributed by atoms with Crippen LogP contribution in [0.15, 0.2) is 0 Å². The van der Waals surface area contributed by atoms with Gasteiger partial charge < -0.3 is 11.1 Å². The topological polar surface area (TPSA) is 58.4 Å². The van der Waals surface area contributed by atoms with Crippen LogP contribution in [0.4, 0.5) is 0 Å². The third-order valence-corrected chi connectivity index (χ3v) is 3.69. The summed E-state index contributed by atoms with van der Waals surface area (Å²) in [6.45, 7) is 12.7. The van der Waals surface area contributed by atoms with Crippen LogP contribution in [0.1, 0.15) is 40.5 Å². The highest BCUT2D eigenvalue weighted by Crippen LogP contribution is 2.27. The molecule has 0 radical (unpaired) electrons. The van der Waals surface area contributed by atoms with E-state index in [4.69, 9.17) is 5.73 Å². The molecular weight excluding hydrogens is 262 g/mol. The number of halogens is 1. The van der Waals surface area contributed by atoms with E-state index in [1.165, 1.54) is 0 Å². The minimum atomic E-state index is 0. The van der Waals surface area contributed by atoms with Gasteiger partial charge in [-0.2, -0.15) is 0 Å². The smallest absolute Gasteiger partial charge is 0.234 e. The van der Waals surface area contributed by atoms with Crippen LogP contribution in [0, 0.1) is 10.8 Å². The van der Waals surface area contributed by atoms with Crippen molar-refractivity contribution in [2.45, 2.75) is 40.5 Å². The molecule has 1 unspecified atom stereocenters. The summed E-state index contributed by atoms with van der Waals surface area (Å²) in [4.78, 5) is 14.0. The molecule has 5 heteroatoms. The third-order valence-electron chi connectivity index (χ3n) is 3.69. The molecule has 3 N–H and O–H groups in total. The fourth-order valence-corrected chi connectivity index (χ4v) is 2.26. The molecule has 1 fully saturated rings. The lowest BCUT2D eigenvalue weighted by Crippen LogP contribution is -2.39. The van der Waals surface area contributed by atoms with Gasteiger partial charge in [-0.05, 0) is 36.8 Å². The molecule has 0 spiro atoms. The van der Waals surface area contributed by atoms with Gasteiger partial charge in [-0.3, -0.25) is 9.69 Å². The molecular formula is C14H30ClN3O. The van der Waals surface area contributed by atoms with Gasteiger partial charge in [-0.1, -0.05) is 27.7 Å². The summed E-state index contributed by atoms with van der Waals surface area (Å²) in [5, 5.41) is 3.00. The van der Waals surface area contributed by atoms with Crippen LogP contribution >= 0.6 is 12.4 Å². The maximum absolute atomic E-state index is 11.8. The summed E-state index contributed by atoms with van der Waals surface area (Å²) >= 11 is 0. The van der Waals surface area contributed by atoms with Crippen molar-refractivity contribution in [3.63, 3.8) is 0 Å². The minimum absolute atomic E-state index is 0. The second-order valence-corrected chi connectivity index (χ2v) is 7.14. The van der Waals surface area contributed by atoms with Gasteiger partial charge in [0, 0.05) is 13.1 Å². The Morgan fingerprint density at radius 3 is 2.53 bits per heavy atom. The predicted molar refractivity (Wildman–Crippen MR) is 82.5 cm³/mol. The van der Waals surface area contributed by atoms with Crippen molar-refractivity contribution < 1.29 is 4.79 Å². The highest BCUT2D eigenvalue weighted by molar-refractivity contribution is 5.85. The number of carbonyl (C=O) groups excluding carboxylic acids is 1. The Morgan fingerprint density at radius 1 is 1.42 bits per heavy atom. The first-order chi connectivity index (χ1) is 8.24. The Labute approximate surface area is 123 Å². The van der Waals surface area contributed by atoms with E-state index in [9.17, 15) is 4.79 Å². The predicted octanol–water partition coefficient (Wildman–Crippen LogP) is 1.63. The van der Waals surface area contributed by atoms with Gasteiger partial charge in [0.15, 0.2) is 0 Å². The number of nitrogens with zero attached hydrogens (tertiary/aromatic N) is 1. The Morgan fingerprint density at radius 2 is 2.05 bits per heavy atom. The normalized spacial score (nSPS) is 24.1. The molecule has 0 aliphatic carbocycles. The van der Waals surface area contributed by atoms with Crippen LogP contribution in [0.25, 0.3) is 0 Å². The summed E-state index contributed by atoms with van der Waals surface area (Å²) in [6.07, 6.45) is 2.11. The number of nitrogens with one attached hydrogen (secondary N) is 1. The summed E-state index contributed by atoms with van der Waals surface area (Å²) in [5.41, 5.74) is 6.24. The lowest BCUT2D eigenvalue weighted by Gasteiger charge is -2.22. The number of likely N-dealkylation sites (tertiary alicyclic amines) is 1. The summed E-state index contributed by atoms with van der Waals surface area (Å²) < 4.78 is 0. The Kier molecular flexibility index (Phi) is 7.33. The summed E-state index contributed by atoms with van der Waals surface area (Å²) in [7, 11) is 0. The molecule has 114 valence electrons. The molecule has 4 nitrogen and oxygen atoms in total. The third kappa shape index (κ3) is 7.14. The Balaban J connectivity index is 0.00000324. The van der Waals surface area contributed by atoms with Gasteiger partial charge in [-0.15, -0.1) is 12.4 Å². The van der Waals surface area contributed by atoms with Gasteiger partial charge in [0.25, 0.3) is 0 Å². The zero-order valence-corrected chi connectivity index (χ0v) is 13.6. The van der Waals surface area contributed by atoms with Crippen LogP contribution in [0.5, 0.6) is 0 Å². The largest absolute Gasteiger partial charge is 0.355 e. The molecule has 1 aliphatic heterocycles. The number of nitrogens with two attached hydrogens (primary N) is 1. The van der Waals surface area contributed by atoms with Crippen molar-refractivity contribution >= 4 is 18.3 Å². The van der Waals surface area contributed by atoms with Crippen molar-refractivity contribution in [2.24, 2.45) is 16.6 Å². The average molecular weight is 292 g/mol. The molecule has 0 bridgehead atoms. The molecule has 1 atom stereocenters. The minimum Gasteiger partial charge on any atom is -0.355 e. The zero-order valence-electron chi connectivity index (χ0n) is 12.8. The second kappa shape index (κ2) is 7.46. The molecule has 0 aromatic rings. The molecule has 1 heterocycles. The SMILES string of the molecule is CC(C)(C)CCNC(=O)CN1CCC(C)(CN)C1.Cl. The molecule has 1 amide bonds. The Bertz CT molecular complexity index is 291. The van der Waals surface area contributed by atoms with Gasteiger partial charge in [0.1, 0.15) is 0 Å². The number of hydrogen-bond acceptors (Lipinski definition) is 3. The van der Waals surface area contributed by atoms with Gasteiger partial charge in [0.2, 0.25) is 5.91 Å². The second-order valence-electron chi connectivity index (χ2n) is 7.14. The quantitative estimate of drug-likeness (QED) is 0.809. The molecule has 0 aromatic heterocycles. The van der Waals surface area contributed by atoms with Gasteiger partial charge >= 0.3 is 0 Å². The number of rotatable bonds is 5. The van der Waals surface area contributed by atoms with E-state index in [0.29, 0.717) is 13.1 Å². The van der Waals surface area contributed by atoms with Crippen molar-refractivity contribution in [2.75, 3.05) is 32.7 Å². The monoisotopic (exact) mass is 291 g/mol. The zero-order chi connectivity index (χ0) is 13.8. The van der Waals surface area contributed by atoms with Gasteiger partial charge in [-0.25, -0.2) is 0 Å². The summed E-state index contributed by atoms with van der Waals surface area (Å²) in [5.74, 6) is 0.139. The lowest BCUT2D eigenvalue weighted by atomic mass is 9.90. The van der Waals surface area contributed by atoms with Gasteiger partial charge in [0.05, 0.1) is 6.54 Å². The maximum Gasteiger partial charge on any atom is 0.234 e. The van der Waals surface area contributed by atoms with E-state index in [2.05, 4.69) is 37.9 Å². The summed E-state index contributed by atoms with van der Waals surface area (Å²) in [6, 6.07) is 0. The average Bonchev–Trinajstić information content (AvgIpc) is 2.59. The first kappa shape index (κ1) is 18.7. The van der Waals surface area contributed by atoms with E-state index in [1.54, 1.807) is 0 Å². The fraction of sp³-hybridized carbons (Fsp3) is 0.929. The number of amides is 1. The van der Waals surface area contributed by atoms with E-state index < -0.39 is 0 Å². The van der Waals surface area contributed by atoms with Crippen LogP contribution in [-0.2, 0) is 4.79 Å². The van der Waals surface area contributed by atoms with Crippen molar-refractivity contribution in [1.29, 1.82) is 0 Å². The van der Waals surface area contributed by atoms with Crippen LogP contribution in [0.3, 0.4) is 0 Å². The fourth-order valence-electron chi connectivity index (χ4n) is 2.26. The molecule has 1 saturated heterocycles. The van der Waals surface area contributed by atoms with Crippen LogP contribution in [0.2, 0.25) is 0 Å². The standard InChI is InChI=1S/C14H29N3O.ClH/c1-13(2,3)5-7-16-12(18)9-17-8-6-14(4,10-15)11-17;/h5-11,15H2,1-4H3,(H,16,18);1H. The first-order valence-corrected chi connectivity index (χ1v) is 6.93. The van der Waals surface area contributed by atoms with Crippen molar-refractivity contribution in [3.05, 3.63) is 0 Å². The first-order valence-electron chi connectivity index (χ1n) is 6.93. The molecule has 0 saturated carbocycles. The number of hydrogen-bond donors (Lipinski definition) is 2. The number of carbonyl (C=O) groups is 1.